The van der Waals surface area contributed by atoms with Crippen LogP contribution in [0.3, 0.4) is 0 Å². The van der Waals surface area contributed by atoms with Gasteiger partial charge in [0.15, 0.2) is 5.16 Å². The average Bonchev–Trinajstić information content (AvgIpc) is 3.06. The van der Waals surface area contributed by atoms with E-state index < -0.39 is 0 Å². The molecule has 0 aliphatic rings. The van der Waals surface area contributed by atoms with Crippen molar-refractivity contribution in [1.82, 2.24) is 20.1 Å². The van der Waals surface area contributed by atoms with Crippen LogP contribution < -0.4 is 11.1 Å². The van der Waals surface area contributed by atoms with Crippen molar-refractivity contribution in [2.45, 2.75) is 31.5 Å². The number of carbonyl (C=O) groups excluding carboxylic acids is 1. The third-order valence-corrected chi connectivity index (χ3v) is 4.69. The molecule has 0 aromatic carbocycles. The third kappa shape index (κ3) is 4.47. The SMILES string of the molecule is CC(C)n1c(N)nnc1SCC(=O)NCCc1cccs1. The van der Waals surface area contributed by atoms with Crippen molar-refractivity contribution in [3.8, 4) is 0 Å². The number of hydrogen-bond donors (Lipinski definition) is 2. The van der Waals surface area contributed by atoms with E-state index >= 15 is 0 Å². The molecule has 1 amide bonds. The molecule has 0 radical (unpaired) electrons. The molecule has 0 unspecified atom stereocenters. The summed E-state index contributed by atoms with van der Waals surface area (Å²) in [5.74, 6) is 0.689. The molecule has 2 aromatic rings. The second-order valence-corrected chi connectivity index (χ2v) is 6.75. The monoisotopic (exact) mass is 325 g/mol. The maximum Gasteiger partial charge on any atom is 0.230 e. The molecule has 0 atom stereocenters. The number of aromatic nitrogens is 3. The average molecular weight is 325 g/mol. The minimum Gasteiger partial charge on any atom is -0.368 e. The van der Waals surface area contributed by atoms with E-state index in [0.29, 0.717) is 23.4 Å². The highest BCUT2D eigenvalue weighted by Crippen LogP contribution is 2.22. The highest BCUT2D eigenvalue weighted by Gasteiger charge is 2.14. The van der Waals surface area contributed by atoms with Crippen molar-refractivity contribution < 1.29 is 4.79 Å². The van der Waals surface area contributed by atoms with Gasteiger partial charge in [0.25, 0.3) is 0 Å². The van der Waals surface area contributed by atoms with E-state index in [9.17, 15) is 4.79 Å². The summed E-state index contributed by atoms with van der Waals surface area (Å²) < 4.78 is 1.82. The van der Waals surface area contributed by atoms with Crippen LogP contribution in [0.15, 0.2) is 22.7 Å². The van der Waals surface area contributed by atoms with Crippen LogP contribution in [0, 0.1) is 0 Å². The Morgan fingerprint density at radius 1 is 1.52 bits per heavy atom. The number of nitrogens with one attached hydrogen (secondary N) is 1. The fourth-order valence-electron chi connectivity index (χ4n) is 1.83. The Hall–Kier alpha value is -1.54. The molecule has 0 aliphatic heterocycles. The zero-order chi connectivity index (χ0) is 15.2. The first-order chi connectivity index (χ1) is 10.1. The van der Waals surface area contributed by atoms with Crippen LogP contribution in [0.25, 0.3) is 0 Å². The Morgan fingerprint density at radius 2 is 2.33 bits per heavy atom. The van der Waals surface area contributed by atoms with Crippen molar-refractivity contribution in [3.63, 3.8) is 0 Å². The van der Waals surface area contributed by atoms with Crippen LogP contribution in [0.2, 0.25) is 0 Å². The molecule has 6 nitrogen and oxygen atoms in total. The molecule has 8 heteroatoms. The molecule has 0 aliphatic carbocycles. The first kappa shape index (κ1) is 15.8. The summed E-state index contributed by atoms with van der Waals surface area (Å²) in [5, 5.41) is 13.5. The number of thioether (sulfide) groups is 1. The number of nitrogens with two attached hydrogens (primary N) is 1. The van der Waals surface area contributed by atoms with E-state index in [1.54, 1.807) is 11.3 Å². The van der Waals surface area contributed by atoms with E-state index in [2.05, 4.69) is 21.6 Å². The quantitative estimate of drug-likeness (QED) is 0.760. The van der Waals surface area contributed by atoms with Gasteiger partial charge in [-0.05, 0) is 31.7 Å². The summed E-state index contributed by atoms with van der Waals surface area (Å²) in [6, 6.07) is 4.25. The van der Waals surface area contributed by atoms with Gasteiger partial charge in [-0.2, -0.15) is 0 Å². The molecule has 114 valence electrons. The zero-order valence-electron chi connectivity index (χ0n) is 12.1. The second-order valence-electron chi connectivity index (χ2n) is 4.77. The van der Waals surface area contributed by atoms with E-state index in [4.69, 9.17) is 5.73 Å². The van der Waals surface area contributed by atoms with Gasteiger partial charge in [0.1, 0.15) is 0 Å². The summed E-state index contributed by atoms with van der Waals surface area (Å²) >= 11 is 3.05. The predicted molar refractivity (Wildman–Crippen MR) is 86.6 cm³/mol. The Kier molecular flexibility index (Phi) is 5.63. The first-order valence-electron chi connectivity index (χ1n) is 6.70. The van der Waals surface area contributed by atoms with Crippen molar-refractivity contribution in [3.05, 3.63) is 22.4 Å². The lowest BCUT2D eigenvalue weighted by Gasteiger charge is -2.11. The normalized spacial score (nSPS) is 11.0. The molecule has 2 rings (SSSR count). The number of nitrogens with zero attached hydrogens (tertiary/aromatic N) is 3. The highest BCUT2D eigenvalue weighted by molar-refractivity contribution is 7.99. The van der Waals surface area contributed by atoms with Crippen LogP contribution in [-0.2, 0) is 11.2 Å². The molecule has 3 N–H and O–H groups in total. The fraction of sp³-hybridized carbons (Fsp3) is 0.462. The van der Waals surface area contributed by atoms with Crippen molar-refractivity contribution in [2.75, 3.05) is 18.0 Å². The molecule has 2 aromatic heterocycles. The minimum absolute atomic E-state index is 0.00608. The first-order valence-corrected chi connectivity index (χ1v) is 8.56. The van der Waals surface area contributed by atoms with E-state index in [0.717, 1.165) is 6.42 Å². The molecule has 0 fully saturated rings. The summed E-state index contributed by atoms with van der Waals surface area (Å²) in [5.41, 5.74) is 5.76. The van der Waals surface area contributed by atoms with Gasteiger partial charge in [-0.1, -0.05) is 17.8 Å². The van der Waals surface area contributed by atoms with Crippen molar-refractivity contribution in [1.29, 1.82) is 0 Å². The lowest BCUT2D eigenvalue weighted by Crippen LogP contribution is -2.27. The van der Waals surface area contributed by atoms with Crippen LogP contribution in [0.4, 0.5) is 5.95 Å². The van der Waals surface area contributed by atoms with Gasteiger partial charge in [-0.25, -0.2) is 0 Å². The number of anilines is 1. The van der Waals surface area contributed by atoms with Gasteiger partial charge >= 0.3 is 0 Å². The number of rotatable bonds is 7. The Balaban J connectivity index is 1.76. The molecule has 0 saturated carbocycles. The number of nitrogen functional groups attached to an aromatic ring is 1. The molecule has 2 heterocycles. The summed E-state index contributed by atoms with van der Waals surface area (Å²) in [6.07, 6.45) is 0.864. The van der Waals surface area contributed by atoms with Gasteiger partial charge in [0, 0.05) is 17.5 Å². The summed E-state index contributed by atoms with van der Waals surface area (Å²) in [4.78, 5) is 13.1. The van der Waals surface area contributed by atoms with Crippen LogP contribution in [-0.4, -0.2) is 33.0 Å². The van der Waals surface area contributed by atoms with Crippen LogP contribution in [0.1, 0.15) is 24.8 Å². The van der Waals surface area contributed by atoms with Gasteiger partial charge < -0.3 is 11.1 Å². The number of carbonyl (C=O) groups is 1. The topological polar surface area (TPSA) is 85.8 Å². The lowest BCUT2D eigenvalue weighted by molar-refractivity contribution is -0.118. The highest BCUT2D eigenvalue weighted by atomic mass is 32.2. The molecule has 0 spiro atoms. The zero-order valence-corrected chi connectivity index (χ0v) is 13.7. The largest absolute Gasteiger partial charge is 0.368 e. The fourth-order valence-corrected chi connectivity index (χ4v) is 3.45. The predicted octanol–water partition coefficient (Wildman–Crippen LogP) is 1.95. The van der Waals surface area contributed by atoms with Gasteiger partial charge in [0.05, 0.1) is 5.75 Å². The standard InChI is InChI=1S/C13H19N5OS2/c1-9(2)18-12(14)16-17-13(18)21-8-11(19)15-6-5-10-4-3-7-20-10/h3-4,7,9H,5-6,8H2,1-2H3,(H2,14,16)(H,15,19). The van der Waals surface area contributed by atoms with Crippen molar-refractivity contribution in [2.24, 2.45) is 0 Å². The molecule has 0 bridgehead atoms. The van der Waals surface area contributed by atoms with Gasteiger partial charge in [-0.3, -0.25) is 9.36 Å². The molecule has 0 saturated heterocycles. The Labute approximate surface area is 132 Å². The third-order valence-electron chi connectivity index (χ3n) is 2.81. The molecule has 21 heavy (non-hydrogen) atoms. The maximum atomic E-state index is 11.8. The summed E-state index contributed by atoms with van der Waals surface area (Å²) in [7, 11) is 0. The number of thiophene rings is 1. The molecular weight excluding hydrogens is 306 g/mol. The molecular formula is C13H19N5OS2. The van der Waals surface area contributed by atoms with Gasteiger partial charge in [-0.15, -0.1) is 21.5 Å². The Bertz CT molecular complexity index is 579. The number of amides is 1. The van der Waals surface area contributed by atoms with E-state index in [1.165, 1.54) is 16.6 Å². The maximum absolute atomic E-state index is 11.8. The van der Waals surface area contributed by atoms with Crippen LogP contribution >= 0.6 is 23.1 Å². The Morgan fingerprint density at radius 3 is 3.00 bits per heavy atom. The summed E-state index contributed by atoms with van der Waals surface area (Å²) in [6.45, 7) is 4.66. The second kappa shape index (κ2) is 7.46. The van der Waals surface area contributed by atoms with Crippen molar-refractivity contribution >= 4 is 35.0 Å². The number of hydrogen-bond acceptors (Lipinski definition) is 6. The lowest BCUT2D eigenvalue weighted by atomic mass is 10.3. The smallest absolute Gasteiger partial charge is 0.230 e. The van der Waals surface area contributed by atoms with Crippen LogP contribution in [0.5, 0.6) is 0 Å². The van der Waals surface area contributed by atoms with E-state index in [1.807, 2.05) is 29.9 Å². The van der Waals surface area contributed by atoms with Gasteiger partial charge in [0.2, 0.25) is 11.9 Å². The minimum atomic E-state index is -0.00608. The van der Waals surface area contributed by atoms with E-state index in [-0.39, 0.29) is 11.9 Å².